The van der Waals surface area contributed by atoms with E-state index in [2.05, 4.69) is 10.6 Å². The predicted molar refractivity (Wildman–Crippen MR) is 105 cm³/mol. The van der Waals surface area contributed by atoms with Crippen LogP contribution in [-0.4, -0.2) is 69.0 Å². The van der Waals surface area contributed by atoms with Crippen molar-refractivity contribution in [2.24, 2.45) is 11.5 Å². The number of phenols is 1. The molecule has 0 radical (unpaired) electrons. The van der Waals surface area contributed by atoms with E-state index in [1.165, 1.54) is 19.2 Å². The third kappa shape index (κ3) is 8.77. The van der Waals surface area contributed by atoms with Crippen molar-refractivity contribution in [2.45, 2.75) is 19.4 Å². The van der Waals surface area contributed by atoms with Crippen LogP contribution in [-0.2, 0) is 19.1 Å². The topological polar surface area (TPSA) is 175 Å². The minimum absolute atomic E-state index is 0.00647. The molecule has 1 unspecified atom stereocenters. The Kier molecular flexibility index (Phi) is 10.4. The number of carbonyl (C=O) groups is 3. The minimum Gasteiger partial charge on any atom is -0.505 e. The molecule has 1 rings (SSSR count). The Balaban J connectivity index is 2.27. The van der Waals surface area contributed by atoms with Crippen LogP contribution in [0.15, 0.2) is 12.1 Å². The predicted octanol–water partition coefficient (Wildman–Crippen LogP) is -0.675. The Labute approximate surface area is 168 Å². The van der Waals surface area contributed by atoms with Gasteiger partial charge in [-0.3, -0.25) is 14.4 Å². The molecule has 0 aliphatic rings. The van der Waals surface area contributed by atoms with E-state index in [1.807, 2.05) is 0 Å². The number of amides is 3. The number of hydrogen-bond donors (Lipinski definition) is 5. The lowest BCUT2D eigenvalue weighted by molar-refractivity contribution is -0.122. The van der Waals surface area contributed by atoms with Gasteiger partial charge < -0.3 is 41.4 Å². The van der Waals surface area contributed by atoms with Crippen LogP contribution >= 0.6 is 0 Å². The van der Waals surface area contributed by atoms with Crippen LogP contribution in [0.4, 0.5) is 5.69 Å². The van der Waals surface area contributed by atoms with Gasteiger partial charge >= 0.3 is 0 Å². The SMILES string of the molecule is COc1ccc(NC(=O)COCCOCCNC(=O)CC(C)N)c(O)c1C(N)=O. The summed E-state index contributed by atoms with van der Waals surface area (Å²) in [4.78, 5) is 34.7. The van der Waals surface area contributed by atoms with Gasteiger partial charge in [-0.15, -0.1) is 0 Å². The summed E-state index contributed by atoms with van der Waals surface area (Å²) in [6.45, 7) is 2.50. The van der Waals surface area contributed by atoms with Crippen LogP contribution in [0.1, 0.15) is 23.7 Å². The second-order valence-corrected chi connectivity index (χ2v) is 6.15. The Bertz CT molecular complexity index is 710. The molecule has 1 atom stereocenters. The number of methoxy groups -OCH3 is 1. The summed E-state index contributed by atoms with van der Waals surface area (Å²) in [6.07, 6.45) is 0.253. The molecule has 0 aromatic heterocycles. The monoisotopic (exact) mass is 412 g/mol. The molecule has 0 aliphatic carbocycles. The van der Waals surface area contributed by atoms with Gasteiger partial charge in [0, 0.05) is 19.0 Å². The number of nitrogens with one attached hydrogen (secondary N) is 2. The number of hydrogen-bond acceptors (Lipinski definition) is 8. The minimum atomic E-state index is -0.891. The quantitative estimate of drug-likeness (QED) is 0.209. The van der Waals surface area contributed by atoms with Gasteiger partial charge in [0.25, 0.3) is 5.91 Å². The van der Waals surface area contributed by atoms with Gasteiger partial charge in [-0.1, -0.05) is 0 Å². The summed E-state index contributed by atoms with van der Waals surface area (Å²) in [5.41, 5.74) is 10.5. The molecule has 11 nitrogen and oxygen atoms in total. The van der Waals surface area contributed by atoms with E-state index >= 15 is 0 Å². The molecule has 29 heavy (non-hydrogen) atoms. The van der Waals surface area contributed by atoms with E-state index in [-0.39, 0.29) is 55.2 Å². The maximum Gasteiger partial charge on any atom is 0.256 e. The van der Waals surface area contributed by atoms with Gasteiger partial charge in [0.1, 0.15) is 17.9 Å². The van der Waals surface area contributed by atoms with E-state index in [9.17, 15) is 19.5 Å². The molecular formula is C18H28N4O7. The van der Waals surface area contributed by atoms with Crippen molar-refractivity contribution >= 4 is 23.4 Å². The van der Waals surface area contributed by atoms with Crippen molar-refractivity contribution in [3.05, 3.63) is 17.7 Å². The molecule has 11 heteroatoms. The Hall–Kier alpha value is -2.89. The van der Waals surface area contributed by atoms with Crippen LogP contribution in [0.2, 0.25) is 0 Å². The Morgan fingerprint density at radius 3 is 2.45 bits per heavy atom. The molecule has 1 aromatic carbocycles. The van der Waals surface area contributed by atoms with Crippen molar-refractivity contribution in [1.29, 1.82) is 0 Å². The average molecular weight is 412 g/mol. The third-order valence-electron chi connectivity index (χ3n) is 3.56. The van der Waals surface area contributed by atoms with Gasteiger partial charge in [0.2, 0.25) is 11.8 Å². The Morgan fingerprint density at radius 1 is 1.14 bits per heavy atom. The fourth-order valence-corrected chi connectivity index (χ4v) is 2.28. The fraction of sp³-hybridized carbons (Fsp3) is 0.500. The van der Waals surface area contributed by atoms with Crippen LogP contribution in [0.25, 0.3) is 0 Å². The van der Waals surface area contributed by atoms with Crippen LogP contribution in [0.3, 0.4) is 0 Å². The summed E-state index contributed by atoms with van der Waals surface area (Å²) in [5, 5.41) is 15.2. The molecule has 0 fully saturated rings. The van der Waals surface area contributed by atoms with Gasteiger partial charge in [0.15, 0.2) is 5.75 Å². The molecule has 3 amide bonds. The second kappa shape index (κ2) is 12.5. The van der Waals surface area contributed by atoms with E-state index in [0.29, 0.717) is 13.2 Å². The van der Waals surface area contributed by atoms with E-state index < -0.39 is 17.6 Å². The maximum absolute atomic E-state index is 11.9. The number of anilines is 1. The lowest BCUT2D eigenvalue weighted by Gasteiger charge is -2.13. The number of primary amides is 1. The smallest absolute Gasteiger partial charge is 0.256 e. The van der Waals surface area contributed by atoms with Crippen LogP contribution < -0.4 is 26.8 Å². The molecule has 0 saturated carbocycles. The first-order chi connectivity index (χ1) is 13.8. The first-order valence-electron chi connectivity index (χ1n) is 8.93. The number of ether oxygens (including phenoxy) is 3. The number of carbonyl (C=O) groups excluding carboxylic acids is 3. The molecule has 1 aromatic rings. The van der Waals surface area contributed by atoms with Gasteiger partial charge in [-0.25, -0.2) is 0 Å². The highest BCUT2D eigenvalue weighted by atomic mass is 16.5. The van der Waals surface area contributed by atoms with Crippen LogP contribution in [0, 0.1) is 0 Å². The zero-order valence-electron chi connectivity index (χ0n) is 16.5. The number of nitrogens with two attached hydrogens (primary N) is 2. The lowest BCUT2D eigenvalue weighted by atomic mass is 10.1. The standard InChI is InChI=1S/C18H28N4O7/c1-11(19)9-14(23)21-5-6-28-7-8-29-10-15(24)22-12-3-4-13(27-2)16(17(12)25)18(20)26/h3-4,11,25H,5-10,19H2,1-2H3,(H2,20,26)(H,21,23)(H,22,24). The number of rotatable bonds is 13. The largest absolute Gasteiger partial charge is 0.505 e. The highest BCUT2D eigenvalue weighted by Gasteiger charge is 2.19. The zero-order valence-corrected chi connectivity index (χ0v) is 16.5. The second-order valence-electron chi connectivity index (χ2n) is 6.15. The number of aromatic hydroxyl groups is 1. The summed E-state index contributed by atoms with van der Waals surface area (Å²) in [6, 6.07) is 2.58. The van der Waals surface area contributed by atoms with Crippen molar-refractivity contribution in [1.82, 2.24) is 5.32 Å². The normalized spacial score (nSPS) is 11.6. The summed E-state index contributed by atoms with van der Waals surface area (Å²) in [7, 11) is 1.32. The summed E-state index contributed by atoms with van der Waals surface area (Å²) in [5.74, 6) is -1.96. The highest BCUT2D eigenvalue weighted by molar-refractivity contribution is 6.02. The first kappa shape index (κ1) is 24.1. The third-order valence-corrected chi connectivity index (χ3v) is 3.56. The van der Waals surface area contributed by atoms with E-state index in [4.69, 9.17) is 25.7 Å². The lowest BCUT2D eigenvalue weighted by Crippen LogP contribution is -2.32. The molecular weight excluding hydrogens is 384 g/mol. The molecule has 162 valence electrons. The van der Waals surface area contributed by atoms with Gasteiger partial charge in [0.05, 0.1) is 32.6 Å². The summed E-state index contributed by atoms with van der Waals surface area (Å²) >= 11 is 0. The van der Waals surface area contributed by atoms with Crippen molar-refractivity contribution < 1.29 is 33.7 Å². The van der Waals surface area contributed by atoms with Crippen molar-refractivity contribution in [3.8, 4) is 11.5 Å². The molecule has 7 N–H and O–H groups in total. The molecule has 0 heterocycles. The first-order valence-corrected chi connectivity index (χ1v) is 8.93. The van der Waals surface area contributed by atoms with Crippen molar-refractivity contribution in [2.75, 3.05) is 45.4 Å². The van der Waals surface area contributed by atoms with Crippen molar-refractivity contribution in [3.63, 3.8) is 0 Å². The molecule has 0 bridgehead atoms. The zero-order chi connectivity index (χ0) is 21.8. The Morgan fingerprint density at radius 2 is 1.83 bits per heavy atom. The fourth-order valence-electron chi connectivity index (χ4n) is 2.28. The number of benzene rings is 1. The average Bonchev–Trinajstić information content (AvgIpc) is 2.64. The highest BCUT2D eigenvalue weighted by Crippen LogP contribution is 2.34. The van der Waals surface area contributed by atoms with E-state index in [1.54, 1.807) is 6.92 Å². The maximum atomic E-state index is 11.9. The van der Waals surface area contributed by atoms with E-state index in [0.717, 1.165) is 0 Å². The molecule has 0 saturated heterocycles. The van der Waals surface area contributed by atoms with Gasteiger partial charge in [-0.05, 0) is 19.1 Å². The summed E-state index contributed by atoms with van der Waals surface area (Å²) < 4.78 is 15.4. The molecule has 0 spiro atoms. The molecule has 0 aliphatic heterocycles. The van der Waals surface area contributed by atoms with Crippen LogP contribution in [0.5, 0.6) is 11.5 Å². The van der Waals surface area contributed by atoms with Gasteiger partial charge in [-0.2, -0.15) is 0 Å².